The van der Waals surface area contributed by atoms with Gasteiger partial charge in [0.15, 0.2) is 0 Å². The van der Waals surface area contributed by atoms with Crippen LogP contribution < -0.4 is 0 Å². The Balaban J connectivity index is 3.17. The summed E-state index contributed by atoms with van der Waals surface area (Å²) < 4.78 is 0. The molecule has 1 heteroatoms. The normalized spacial score (nSPS) is 13.4. The Kier molecular flexibility index (Phi) is 4.05. The fraction of sp³-hybridized carbons (Fsp3) is 0.400. The molecule has 0 unspecified atom stereocenters. The van der Waals surface area contributed by atoms with Crippen LogP contribution in [0.25, 0.3) is 5.57 Å². The van der Waals surface area contributed by atoms with Gasteiger partial charge in [0.2, 0.25) is 0 Å². The van der Waals surface area contributed by atoms with E-state index in [2.05, 4.69) is 51.1 Å². The molecule has 16 heavy (non-hydrogen) atoms. The topological polar surface area (TPSA) is 12.9 Å². The highest BCUT2D eigenvalue weighted by atomic mass is 14.7. The van der Waals surface area contributed by atoms with E-state index in [1.54, 1.807) is 0 Å². The summed E-state index contributed by atoms with van der Waals surface area (Å²) in [7, 11) is 0. The molecule has 0 aliphatic rings. The maximum absolute atomic E-state index is 4.71. The van der Waals surface area contributed by atoms with E-state index in [0.717, 1.165) is 11.4 Å². The number of rotatable bonds is 2. The Morgan fingerprint density at radius 3 is 2.38 bits per heavy atom. The molecular weight excluding hydrogens is 194 g/mol. The van der Waals surface area contributed by atoms with Crippen LogP contribution in [0.4, 0.5) is 0 Å². The summed E-state index contributed by atoms with van der Waals surface area (Å²) in [5.41, 5.74) is 3.46. The molecule has 0 aromatic carbocycles. The van der Waals surface area contributed by atoms with Gasteiger partial charge < -0.3 is 0 Å². The molecule has 1 rings (SSSR count). The second-order valence-electron chi connectivity index (χ2n) is 4.90. The number of aromatic nitrogens is 1. The third-order valence-corrected chi connectivity index (χ3v) is 2.47. The minimum absolute atomic E-state index is 0.102. The molecule has 0 aliphatic carbocycles. The van der Waals surface area contributed by atoms with Gasteiger partial charge in [0.25, 0.3) is 0 Å². The minimum Gasteiger partial charge on any atom is -0.252 e. The molecule has 0 radical (unpaired) electrons. The fourth-order valence-electron chi connectivity index (χ4n) is 1.52. The molecule has 0 aliphatic heterocycles. The zero-order valence-electron chi connectivity index (χ0n) is 10.9. The molecule has 1 nitrogen and oxygen atoms in total. The molecule has 86 valence electrons. The van der Waals surface area contributed by atoms with Crippen LogP contribution in [0.15, 0.2) is 36.4 Å². The molecule has 0 N–H and O–H groups in total. The van der Waals surface area contributed by atoms with Crippen molar-refractivity contribution in [3.63, 3.8) is 0 Å². The lowest BCUT2D eigenvalue weighted by atomic mass is 9.91. The van der Waals surface area contributed by atoms with Crippen LogP contribution in [0, 0.1) is 0 Å². The van der Waals surface area contributed by atoms with Gasteiger partial charge in [-0.05, 0) is 31.6 Å². The van der Waals surface area contributed by atoms with Crippen LogP contribution in [-0.4, -0.2) is 4.98 Å². The van der Waals surface area contributed by atoms with E-state index in [1.807, 2.05) is 19.9 Å². The maximum atomic E-state index is 4.71. The maximum Gasteiger partial charge on any atom is 0.0702 e. The van der Waals surface area contributed by atoms with E-state index in [9.17, 15) is 0 Å². The Labute approximate surface area is 98.9 Å². The van der Waals surface area contributed by atoms with Crippen molar-refractivity contribution in [2.75, 3.05) is 0 Å². The number of nitrogens with zero attached hydrogens (tertiary/aromatic N) is 1. The summed E-state index contributed by atoms with van der Waals surface area (Å²) in [4.78, 5) is 4.71. The van der Waals surface area contributed by atoms with Gasteiger partial charge in [0.05, 0.1) is 5.69 Å². The monoisotopic (exact) mass is 215 g/mol. The lowest BCUT2D eigenvalue weighted by Gasteiger charge is -2.18. The van der Waals surface area contributed by atoms with Gasteiger partial charge >= 0.3 is 0 Å². The standard InChI is InChI=1S/C15H21N/c1-6-9-12(7-2)13-10-8-11-14(16-13)15(3,4)5/h6-11H,1-5H3/b9-6-,12-7+. The Morgan fingerprint density at radius 2 is 1.88 bits per heavy atom. The highest BCUT2D eigenvalue weighted by molar-refractivity contribution is 5.71. The molecule has 0 saturated heterocycles. The van der Waals surface area contributed by atoms with Crippen molar-refractivity contribution in [2.45, 2.75) is 40.0 Å². The van der Waals surface area contributed by atoms with Gasteiger partial charge in [-0.2, -0.15) is 0 Å². The van der Waals surface area contributed by atoms with E-state index in [4.69, 9.17) is 4.98 Å². The Morgan fingerprint density at radius 1 is 1.19 bits per heavy atom. The number of hydrogen-bond acceptors (Lipinski definition) is 1. The van der Waals surface area contributed by atoms with Gasteiger partial charge in [-0.3, -0.25) is 4.98 Å². The quantitative estimate of drug-likeness (QED) is 0.668. The summed E-state index contributed by atoms with van der Waals surface area (Å²) in [6, 6.07) is 6.23. The van der Waals surface area contributed by atoms with Crippen molar-refractivity contribution < 1.29 is 0 Å². The zero-order valence-corrected chi connectivity index (χ0v) is 10.9. The second-order valence-corrected chi connectivity index (χ2v) is 4.90. The number of pyridine rings is 1. The third kappa shape index (κ3) is 3.06. The van der Waals surface area contributed by atoms with Crippen molar-refractivity contribution in [3.8, 4) is 0 Å². The fourth-order valence-corrected chi connectivity index (χ4v) is 1.52. The van der Waals surface area contributed by atoms with Crippen molar-refractivity contribution in [3.05, 3.63) is 47.8 Å². The third-order valence-electron chi connectivity index (χ3n) is 2.47. The van der Waals surface area contributed by atoms with E-state index < -0.39 is 0 Å². The average Bonchev–Trinajstić information content (AvgIpc) is 2.25. The Bertz CT molecular complexity index is 406. The van der Waals surface area contributed by atoms with Gasteiger partial charge in [0.1, 0.15) is 0 Å². The minimum atomic E-state index is 0.102. The van der Waals surface area contributed by atoms with E-state index in [1.165, 1.54) is 5.57 Å². The summed E-state index contributed by atoms with van der Waals surface area (Å²) in [5, 5.41) is 0. The molecule has 0 atom stereocenters. The van der Waals surface area contributed by atoms with Crippen LogP contribution in [0.2, 0.25) is 0 Å². The highest BCUT2D eigenvalue weighted by Crippen LogP contribution is 2.22. The molecular formula is C15H21N. The van der Waals surface area contributed by atoms with Gasteiger partial charge in [0, 0.05) is 11.1 Å². The van der Waals surface area contributed by atoms with Gasteiger partial charge in [-0.25, -0.2) is 0 Å². The second kappa shape index (κ2) is 5.11. The van der Waals surface area contributed by atoms with Crippen LogP contribution >= 0.6 is 0 Å². The van der Waals surface area contributed by atoms with Crippen molar-refractivity contribution in [1.82, 2.24) is 4.98 Å². The average molecular weight is 215 g/mol. The van der Waals surface area contributed by atoms with Crippen LogP contribution in [-0.2, 0) is 5.41 Å². The Hall–Kier alpha value is -1.37. The van der Waals surface area contributed by atoms with Crippen LogP contribution in [0.5, 0.6) is 0 Å². The molecule has 1 aromatic rings. The lowest BCUT2D eigenvalue weighted by molar-refractivity contribution is 0.568. The van der Waals surface area contributed by atoms with Gasteiger partial charge in [-0.15, -0.1) is 0 Å². The van der Waals surface area contributed by atoms with E-state index in [0.29, 0.717) is 0 Å². The lowest BCUT2D eigenvalue weighted by Crippen LogP contribution is -2.13. The molecule has 1 aromatic heterocycles. The molecule has 0 bridgehead atoms. The van der Waals surface area contributed by atoms with Crippen molar-refractivity contribution in [1.29, 1.82) is 0 Å². The van der Waals surface area contributed by atoms with Crippen LogP contribution in [0.1, 0.15) is 46.0 Å². The predicted molar refractivity (Wildman–Crippen MR) is 71.4 cm³/mol. The van der Waals surface area contributed by atoms with E-state index in [-0.39, 0.29) is 5.41 Å². The molecule has 0 saturated carbocycles. The smallest absolute Gasteiger partial charge is 0.0702 e. The van der Waals surface area contributed by atoms with Crippen molar-refractivity contribution in [2.24, 2.45) is 0 Å². The van der Waals surface area contributed by atoms with E-state index >= 15 is 0 Å². The molecule has 0 amide bonds. The number of hydrogen-bond donors (Lipinski definition) is 0. The van der Waals surface area contributed by atoms with Crippen molar-refractivity contribution >= 4 is 5.57 Å². The summed E-state index contributed by atoms with van der Waals surface area (Å²) in [6.07, 6.45) is 6.23. The first-order valence-corrected chi connectivity index (χ1v) is 5.76. The zero-order chi connectivity index (χ0) is 12.2. The summed E-state index contributed by atoms with van der Waals surface area (Å²) in [6.45, 7) is 10.6. The highest BCUT2D eigenvalue weighted by Gasteiger charge is 2.15. The first-order chi connectivity index (χ1) is 7.49. The molecule has 1 heterocycles. The number of allylic oxidation sites excluding steroid dienone is 4. The first kappa shape index (κ1) is 12.7. The molecule has 0 fully saturated rings. The first-order valence-electron chi connectivity index (χ1n) is 5.76. The SMILES string of the molecule is C/C=C\C(=C/C)c1cccc(C(C)(C)C)n1. The van der Waals surface area contributed by atoms with Crippen LogP contribution in [0.3, 0.4) is 0 Å². The summed E-state index contributed by atoms with van der Waals surface area (Å²) >= 11 is 0. The predicted octanol–water partition coefficient (Wildman–Crippen LogP) is 4.36. The van der Waals surface area contributed by atoms with Gasteiger partial charge in [-0.1, -0.05) is 45.1 Å². The summed E-state index contributed by atoms with van der Waals surface area (Å²) in [5.74, 6) is 0. The largest absolute Gasteiger partial charge is 0.252 e. The molecule has 0 spiro atoms.